The predicted molar refractivity (Wildman–Crippen MR) is 96.5 cm³/mol. The van der Waals surface area contributed by atoms with Gasteiger partial charge in [0.05, 0.1) is 0 Å². The number of rotatable bonds is 7. The van der Waals surface area contributed by atoms with Crippen molar-refractivity contribution in [2.45, 2.75) is 58.5 Å². The lowest BCUT2D eigenvalue weighted by atomic mass is 10.0. The molecule has 0 amide bonds. The summed E-state index contributed by atoms with van der Waals surface area (Å²) in [5.74, 6) is 1.80. The van der Waals surface area contributed by atoms with Gasteiger partial charge in [-0.1, -0.05) is 26.7 Å². The summed E-state index contributed by atoms with van der Waals surface area (Å²) in [7, 11) is 2.17. The molecule has 1 saturated heterocycles. The fourth-order valence-electron chi connectivity index (χ4n) is 3.19. The maximum Gasteiger partial charge on any atom is 0.311 e. The van der Waals surface area contributed by atoms with Gasteiger partial charge in [-0.25, -0.2) is 0 Å². The Morgan fingerprint density at radius 2 is 1.92 bits per heavy atom. The van der Waals surface area contributed by atoms with Crippen LogP contribution < -0.4 is 9.47 Å². The lowest BCUT2D eigenvalue weighted by Crippen LogP contribution is -2.30. The zero-order valence-electron chi connectivity index (χ0n) is 15.3. The van der Waals surface area contributed by atoms with Gasteiger partial charge in [0.1, 0.15) is 17.6 Å². The van der Waals surface area contributed by atoms with Crippen molar-refractivity contribution in [3.05, 3.63) is 24.3 Å². The van der Waals surface area contributed by atoms with Gasteiger partial charge in [0.25, 0.3) is 0 Å². The smallest absolute Gasteiger partial charge is 0.311 e. The summed E-state index contributed by atoms with van der Waals surface area (Å²) in [6.07, 6.45) is 6.05. The standard InChI is InChI=1S/C20H31NO3/c1-4-5-6-9-20(22)24-18-12-10-17(11-13-18)23-19-8-7-14-21(3)15-16(19)2/h10-13,16,19H,4-9,14-15H2,1-3H3. The first-order valence-corrected chi connectivity index (χ1v) is 9.24. The number of unbranched alkanes of at least 4 members (excludes halogenated alkanes) is 2. The Hall–Kier alpha value is -1.55. The summed E-state index contributed by atoms with van der Waals surface area (Å²) in [4.78, 5) is 14.1. The largest absolute Gasteiger partial charge is 0.490 e. The molecule has 2 rings (SSSR count). The lowest BCUT2D eigenvalue weighted by molar-refractivity contribution is -0.134. The highest BCUT2D eigenvalue weighted by atomic mass is 16.5. The Morgan fingerprint density at radius 1 is 1.21 bits per heavy atom. The third-order valence-electron chi connectivity index (χ3n) is 4.59. The molecule has 0 saturated carbocycles. The summed E-state index contributed by atoms with van der Waals surface area (Å²) in [5.41, 5.74) is 0. The van der Waals surface area contributed by atoms with E-state index in [1.807, 2.05) is 24.3 Å². The van der Waals surface area contributed by atoms with E-state index in [9.17, 15) is 4.79 Å². The predicted octanol–water partition coefficient (Wildman–Crippen LogP) is 4.28. The van der Waals surface area contributed by atoms with E-state index >= 15 is 0 Å². The van der Waals surface area contributed by atoms with Gasteiger partial charge in [0.15, 0.2) is 0 Å². The van der Waals surface area contributed by atoms with Gasteiger partial charge in [-0.05, 0) is 57.1 Å². The van der Waals surface area contributed by atoms with Crippen molar-refractivity contribution in [2.75, 3.05) is 20.1 Å². The minimum absolute atomic E-state index is 0.155. The van der Waals surface area contributed by atoms with Crippen LogP contribution in [0.4, 0.5) is 0 Å². The number of hydrogen-bond donors (Lipinski definition) is 0. The van der Waals surface area contributed by atoms with E-state index in [0.717, 1.165) is 44.5 Å². The van der Waals surface area contributed by atoms with Crippen molar-refractivity contribution in [1.29, 1.82) is 0 Å². The van der Waals surface area contributed by atoms with Gasteiger partial charge in [-0.3, -0.25) is 4.79 Å². The lowest BCUT2D eigenvalue weighted by Gasteiger charge is -2.24. The summed E-state index contributed by atoms with van der Waals surface area (Å²) in [6.45, 7) is 6.57. The Morgan fingerprint density at radius 3 is 2.62 bits per heavy atom. The Kier molecular flexibility index (Phi) is 7.57. The van der Waals surface area contributed by atoms with E-state index in [2.05, 4.69) is 25.8 Å². The van der Waals surface area contributed by atoms with E-state index < -0.39 is 0 Å². The van der Waals surface area contributed by atoms with E-state index in [-0.39, 0.29) is 12.1 Å². The second kappa shape index (κ2) is 9.67. The molecule has 0 N–H and O–H groups in total. The van der Waals surface area contributed by atoms with Gasteiger partial charge >= 0.3 is 5.97 Å². The molecular weight excluding hydrogens is 302 g/mol. The van der Waals surface area contributed by atoms with Crippen LogP contribution in [0.5, 0.6) is 11.5 Å². The molecule has 0 spiro atoms. The van der Waals surface area contributed by atoms with Gasteiger partial charge < -0.3 is 14.4 Å². The zero-order valence-corrected chi connectivity index (χ0v) is 15.3. The summed E-state index contributed by atoms with van der Waals surface area (Å²) in [6, 6.07) is 7.44. The first-order chi connectivity index (χ1) is 11.6. The van der Waals surface area contributed by atoms with Crippen molar-refractivity contribution >= 4 is 5.97 Å². The van der Waals surface area contributed by atoms with Gasteiger partial charge in [0.2, 0.25) is 0 Å². The summed E-state index contributed by atoms with van der Waals surface area (Å²) >= 11 is 0. The minimum atomic E-state index is -0.155. The van der Waals surface area contributed by atoms with Crippen LogP contribution in [0.1, 0.15) is 52.4 Å². The van der Waals surface area contributed by atoms with Crippen LogP contribution in [0.3, 0.4) is 0 Å². The Labute approximate surface area is 146 Å². The molecule has 1 fully saturated rings. The molecule has 1 aliphatic heterocycles. The van der Waals surface area contributed by atoms with Crippen LogP contribution in [0.2, 0.25) is 0 Å². The molecular formula is C20H31NO3. The van der Waals surface area contributed by atoms with Gasteiger partial charge in [-0.2, -0.15) is 0 Å². The van der Waals surface area contributed by atoms with E-state index in [0.29, 0.717) is 18.1 Å². The molecule has 4 heteroatoms. The third kappa shape index (κ3) is 6.16. The average Bonchev–Trinajstić information content (AvgIpc) is 2.70. The van der Waals surface area contributed by atoms with E-state index in [1.165, 1.54) is 6.42 Å². The fourth-order valence-corrected chi connectivity index (χ4v) is 3.19. The van der Waals surface area contributed by atoms with Crippen LogP contribution in [0.15, 0.2) is 24.3 Å². The molecule has 1 aromatic rings. The molecule has 1 heterocycles. The van der Waals surface area contributed by atoms with Crippen LogP contribution in [-0.2, 0) is 4.79 Å². The van der Waals surface area contributed by atoms with Crippen LogP contribution >= 0.6 is 0 Å². The fraction of sp³-hybridized carbons (Fsp3) is 0.650. The number of ether oxygens (including phenoxy) is 2. The molecule has 2 atom stereocenters. The third-order valence-corrected chi connectivity index (χ3v) is 4.59. The molecule has 1 aromatic carbocycles. The molecule has 0 radical (unpaired) electrons. The van der Waals surface area contributed by atoms with Crippen molar-refractivity contribution in [2.24, 2.45) is 5.92 Å². The monoisotopic (exact) mass is 333 g/mol. The number of carbonyl (C=O) groups is 1. The molecule has 0 aromatic heterocycles. The van der Waals surface area contributed by atoms with Gasteiger partial charge in [0, 0.05) is 18.9 Å². The van der Waals surface area contributed by atoms with Crippen molar-refractivity contribution in [3.63, 3.8) is 0 Å². The first-order valence-electron chi connectivity index (χ1n) is 9.24. The van der Waals surface area contributed by atoms with Crippen molar-refractivity contribution in [1.82, 2.24) is 4.90 Å². The quantitative estimate of drug-likeness (QED) is 0.424. The van der Waals surface area contributed by atoms with E-state index in [1.54, 1.807) is 0 Å². The SMILES string of the molecule is CCCCCC(=O)Oc1ccc(OC2CCCN(C)CC2C)cc1. The Bertz CT molecular complexity index is 500. The highest BCUT2D eigenvalue weighted by Gasteiger charge is 2.23. The minimum Gasteiger partial charge on any atom is -0.490 e. The Balaban J connectivity index is 1.84. The number of hydrogen-bond acceptors (Lipinski definition) is 4. The second-order valence-corrected chi connectivity index (χ2v) is 6.94. The van der Waals surface area contributed by atoms with Gasteiger partial charge in [-0.15, -0.1) is 0 Å². The summed E-state index contributed by atoms with van der Waals surface area (Å²) in [5, 5.41) is 0. The molecule has 4 nitrogen and oxygen atoms in total. The summed E-state index contributed by atoms with van der Waals surface area (Å²) < 4.78 is 11.5. The number of likely N-dealkylation sites (tertiary alicyclic amines) is 1. The topological polar surface area (TPSA) is 38.8 Å². The maximum atomic E-state index is 11.7. The maximum absolute atomic E-state index is 11.7. The van der Waals surface area contributed by atoms with E-state index in [4.69, 9.17) is 9.47 Å². The van der Waals surface area contributed by atoms with Crippen LogP contribution in [0, 0.1) is 5.92 Å². The average molecular weight is 333 g/mol. The molecule has 0 bridgehead atoms. The number of benzene rings is 1. The normalized spacial score (nSPS) is 22.0. The van der Waals surface area contributed by atoms with Crippen molar-refractivity contribution < 1.29 is 14.3 Å². The molecule has 2 unspecified atom stereocenters. The molecule has 1 aliphatic rings. The van der Waals surface area contributed by atoms with Crippen molar-refractivity contribution in [3.8, 4) is 11.5 Å². The molecule has 134 valence electrons. The number of carbonyl (C=O) groups excluding carboxylic acids is 1. The zero-order chi connectivity index (χ0) is 17.4. The number of nitrogens with zero attached hydrogens (tertiary/aromatic N) is 1. The number of esters is 1. The van der Waals surface area contributed by atoms with Crippen LogP contribution in [0.25, 0.3) is 0 Å². The first kappa shape index (κ1) is 18.8. The van der Waals surface area contributed by atoms with Crippen LogP contribution in [-0.4, -0.2) is 37.1 Å². The molecule has 0 aliphatic carbocycles. The highest BCUT2D eigenvalue weighted by molar-refractivity contribution is 5.72. The highest BCUT2D eigenvalue weighted by Crippen LogP contribution is 2.24. The second-order valence-electron chi connectivity index (χ2n) is 6.94. The molecule has 24 heavy (non-hydrogen) atoms.